The van der Waals surface area contributed by atoms with Crippen LogP contribution in [0.1, 0.15) is 28.9 Å². The number of carbonyl (C=O) groups is 1. The van der Waals surface area contributed by atoms with Gasteiger partial charge in [0.2, 0.25) is 10.0 Å². The molecule has 0 spiro atoms. The van der Waals surface area contributed by atoms with Gasteiger partial charge in [-0.05, 0) is 47.5 Å². The number of thiophene rings is 1. The third-order valence-electron chi connectivity index (χ3n) is 2.84. The van der Waals surface area contributed by atoms with Crippen LogP contribution in [0, 0.1) is 0 Å². The van der Waals surface area contributed by atoms with E-state index in [0.29, 0.717) is 0 Å². The highest BCUT2D eigenvalue weighted by molar-refractivity contribution is 7.89. The van der Waals surface area contributed by atoms with Crippen molar-refractivity contribution in [2.45, 2.75) is 17.9 Å². The van der Waals surface area contributed by atoms with Crippen molar-refractivity contribution in [3.63, 3.8) is 0 Å². The highest BCUT2D eigenvalue weighted by Gasteiger charge is 2.22. The van der Waals surface area contributed by atoms with Crippen molar-refractivity contribution in [1.29, 1.82) is 0 Å². The zero-order valence-electron chi connectivity index (χ0n) is 10.9. The molecular formula is C13H12ClNO4S2. The maximum Gasteiger partial charge on any atom is 0.335 e. The van der Waals surface area contributed by atoms with Crippen molar-refractivity contribution < 1.29 is 18.3 Å². The van der Waals surface area contributed by atoms with E-state index in [1.54, 1.807) is 6.92 Å². The molecule has 21 heavy (non-hydrogen) atoms. The fourth-order valence-electron chi connectivity index (χ4n) is 1.73. The molecule has 2 N–H and O–H groups in total. The second-order valence-corrected chi connectivity index (χ2v) is 7.22. The molecular weight excluding hydrogens is 334 g/mol. The predicted molar refractivity (Wildman–Crippen MR) is 81.5 cm³/mol. The van der Waals surface area contributed by atoms with Crippen LogP contribution >= 0.6 is 22.9 Å². The van der Waals surface area contributed by atoms with Gasteiger partial charge < -0.3 is 5.11 Å². The summed E-state index contributed by atoms with van der Waals surface area (Å²) in [6.07, 6.45) is 0. The Balaban J connectivity index is 2.35. The zero-order chi connectivity index (χ0) is 15.6. The molecule has 1 aromatic heterocycles. The Hall–Kier alpha value is -1.41. The first-order valence-electron chi connectivity index (χ1n) is 5.88. The van der Waals surface area contributed by atoms with Crippen LogP contribution in [0.2, 0.25) is 5.02 Å². The largest absolute Gasteiger partial charge is 0.478 e. The maximum atomic E-state index is 12.3. The average molecular weight is 346 g/mol. The minimum absolute atomic E-state index is 0.0231. The highest BCUT2D eigenvalue weighted by atomic mass is 35.5. The van der Waals surface area contributed by atoms with Crippen LogP contribution in [0.4, 0.5) is 0 Å². The van der Waals surface area contributed by atoms with Crippen LogP contribution < -0.4 is 4.72 Å². The molecule has 1 unspecified atom stereocenters. The molecule has 0 aliphatic heterocycles. The summed E-state index contributed by atoms with van der Waals surface area (Å²) in [7, 11) is -3.91. The summed E-state index contributed by atoms with van der Waals surface area (Å²) in [5.41, 5.74) is 0.692. The predicted octanol–water partition coefficient (Wildman–Crippen LogP) is 3.14. The lowest BCUT2D eigenvalue weighted by Crippen LogP contribution is -2.27. The number of aromatic carboxylic acids is 1. The minimum atomic E-state index is -3.91. The highest BCUT2D eigenvalue weighted by Crippen LogP contribution is 2.25. The first-order chi connectivity index (χ1) is 9.81. The molecule has 1 heterocycles. The van der Waals surface area contributed by atoms with E-state index < -0.39 is 22.0 Å². The first-order valence-corrected chi connectivity index (χ1v) is 8.69. The second-order valence-electron chi connectivity index (χ2n) is 4.35. The molecule has 0 bridgehead atoms. The molecule has 0 saturated heterocycles. The number of carboxylic acids is 1. The van der Waals surface area contributed by atoms with Crippen LogP contribution in [0.15, 0.2) is 39.9 Å². The Bertz CT molecular complexity index is 756. The molecule has 0 aliphatic rings. The van der Waals surface area contributed by atoms with E-state index in [1.165, 1.54) is 23.5 Å². The third-order valence-corrected chi connectivity index (χ3v) is 5.57. The number of nitrogens with one attached hydrogen (secondary N) is 1. The fourth-order valence-corrected chi connectivity index (χ4v) is 4.24. The number of carboxylic acid groups (broad SMARTS) is 1. The smallest absolute Gasteiger partial charge is 0.335 e. The van der Waals surface area contributed by atoms with Crippen molar-refractivity contribution in [1.82, 2.24) is 4.72 Å². The van der Waals surface area contributed by atoms with Crippen LogP contribution in [0.5, 0.6) is 0 Å². The monoisotopic (exact) mass is 345 g/mol. The summed E-state index contributed by atoms with van der Waals surface area (Å²) in [4.78, 5) is 10.7. The average Bonchev–Trinajstić information content (AvgIpc) is 2.92. The molecule has 5 nitrogen and oxygen atoms in total. The van der Waals surface area contributed by atoms with Gasteiger partial charge in [0.1, 0.15) is 4.90 Å². The lowest BCUT2D eigenvalue weighted by atomic mass is 10.2. The summed E-state index contributed by atoms with van der Waals surface area (Å²) in [5.74, 6) is -1.21. The van der Waals surface area contributed by atoms with Gasteiger partial charge in [0.15, 0.2) is 0 Å². The Labute approximate surface area is 131 Å². The van der Waals surface area contributed by atoms with Crippen molar-refractivity contribution in [2.24, 2.45) is 0 Å². The van der Waals surface area contributed by atoms with E-state index in [0.717, 1.165) is 11.6 Å². The van der Waals surface area contributed by atoms with Gasteiger partial charge in [0.25, 0.3) is 0 Å². The number of halogens is 1. The fraction of sp³-hybridized carbons (Fsp3) is 0.154. The van der Waals surface area contributed by atoms with E-state index in [2.05, 4.69) is 4.72 Å². The normalized spacial score (nSPS) is 13.0. The van der Waals surface area contributed by atoms with Gasteiger partial charge in [-0.25, -0.2) is 17.9 Å². The molecule has 0 fully saturated rings. The van der Waals surface area contributed by atoms with Gasteiger partial charge in [-0.3, -0.25) is 0 Å². The molecule has 1 aromatic carbocycles. The van der Waals surface area contributed by atoms with E-state index in [-0.39, 0.29) is 15.5 Å². The summed E-state index contributed by atoms with van der Waals surface area (Å²) in [5, 5.41) is 12.6. The number of sulfonamides is 1. The Morgan fingerprint density at radius 1 is 1.38 bits per heavy atom. The summed E-state index contributed by atoms with van der Waals surface area (Å²) in [6, 6.07) is 4.94. The van der Waals surface area contributed by atoms with E-state index >= 15 is 0 Å². The van der Waals surface area contributed by atoms with Crippen molar-refractivity contribution in [2.75, 3.05) is 0 Å². The second kappa shape index (κ2) is 6.15. The minimum Gasteiger partial charge on any atom is -0.478 e. The molecule has 0 radical (unpaired) electrons. The number of benzene rings is 1. The quantitative estimate of drug-likeness (QED) is 0.872. The molecule has 8 heteroatoms. The van der Waals surface area contributed by atoms with Crippen molar-refractivity contribution in [3.05, 3.63) is 51.2 Å². The summed E-state index contributed by atoms with van der Waals surface area (Å²) < 4.78 is 27.2. The van der Waals surface area contributed by atoms with Gasteiger partial charge in [-0.2, -0.15) is 11.3 Å². The lowest BCUT2D eigenvalue weighted by Gasteiger charge is -2.14. The van der Waals surface area contributed by atoms with Crippen LogP contribution in [-0.2, 0) is 10.0 Å². The van der Waals surface area contributed by atoms with Crippen LogP contribution in [-0.4, -0.2) is 19.5 Å². The van der Waals surface area contributed by atoms with Crippen LogP contribution in [0.3, 0.4) is 0 Å². The summed E-state index contributed by atoms with van der Waals surface area (Å²) >= 11 is 7.34. The number of rotatable bonds is 5. The number of hydrogen-bond acceptors (Lipinski definition) is 4. The standard InChI is InChI=1S/C13H12ClNO4S2/c1-8(10-4-5-20-7-10)15-21(18,19)12-6-9(13(16)17)2-3-11(12)14/h2-8,15H,1H3,(H,16,17). The van der Waals surface area contributed by atoms with Gasteiger partial charge in [0.05, 0.1) is 10.6 Å². The van der Waals surface area contributed by atoms with E-state index in [1.807, 2.05) is 16.8 Å². The van der Waals surface area contributed by atoms with Gasteiger partial charge in [-0.1, -0.05) is 11.6 Å². The van der Waals surface area contributed by atoms with Gasteiger partial charge in [0, 0.05) is 6.04 Å². The Morgan fingerprint density at radius 2 is 2.10 bits per heavy atom. The Morgan fingerprint density at radius 3 is 2.67 bits per heavy atom. The SMILES string of the molecule is CC(NS(=O)(=O)c1cc(C(=O)O)ccc1Cl)c1ccsc1. The van der Waals surface area contributed by atoms with Crippen molar-refractivity contribution in [3.8, 4) is 0 Å². The molecule has 1 atom stereocenters. The zero-order valence-corrected chi connectivity index (χ0v) is 13.3. The molecule has 0 amide bonds. The first kappa shape index (κ1) is 16.0. The molecule has 112 valence electrons. The maximum absolute atomic E-state index is 12.3. The molecule has 2 aromatic rings. The van der Waals surface area contributed by atoms with E-state index in [4.69, 9.17) is 16.7 Å². The third kappa shape index (κ3) is 3.62. The van der Waals surface area contributed by atoms with Crippen LogP contribution in [0.25, 0.3) is 0 Å². The molecule has 0 aliphatic carbocycles. The van der Waals surface area contributed by atoms with E-state index in [9.17, 15) is 13.2 Å². The van der Waals surface area contributed by atoms with Gasteiger partial charge >= 0.3 is 5.97 Å². The lowest BCUT2D eigenvalue weighted by molar-refractivity contribution is 0.0696. The Kier molecular flexibility index (Phi) is 4.67. The summed E-state index contributed by atoms with van der Waals surface area (Å²) in [6.45, 7) is 1.70. The van der Waals surface area contributed by atoms with Crippen molar-refractivity contribution >= 4 is 38.9 Å². The number of hydrogen-bond donors (Lipinski definition) is 2. The topological polar surface area (TPSA) is 83.5 Å². The van der Waals surface area contributed by atoms with Gasteiger partial charge in [-0.15, -0.1) is 0 Å². The molecule has 0 saturated carbocycles. The molecule has 2 rings (SSSR count).